The van der Waals surface area contributed by atoms with Gasteiger partial charge in [0, 0.05) is 7.11 Å². The van der Waals surface area contributed by atoms with Gasteiger partial charge >= 0.3 is 0 Å². The van der Waals surface area contributed by atoms with Crippen LogP contribution in [0.15, 0.2) is 30.3 Å². The molecule has 0 radical (unpaired) electrons. The highest BCUT2D eigenvalue weighted by Crippen LogP contribution is 2.24. The lowest BCUT2D eigenvalue weighted by Gasteiger charge is -2.41. The number of benzene rings is 1. The molecule has 6 heteroatoms. The minimum absolute atomic E-state index is 0.244. The molecule has 20 heavy (non-hydrogen) atoms. The van der Waals surface area contributed by atoms with E-state index >= 15 is 0 Å². The molecule has 3 N–H and O–H groups in total. The lowest BCUT2D eigenvalue weighted by atomic mass is 9.99. The van der Waals surface area contributed by atoms with E-state index in [2.05, 4.69) is 0 Å². The average Bonchev–Trinajstić information content (AvgIpc) is 2.48. The lowest BCUT2D eigenvalue weighted by Crippen LogP contribution is -2.59. The van der Waals surface area contributed by atoms with Gasteiger partial charge in [0.25, 0.3) is 0 Å². The SMILES string of the molecule is CO[C@@H]1O[C@H](CO)[C@@H](O)[C@H](OCc2ccccc2)[C@@H]1O. The van der Waals surface area contributed by atoms with Crippen LogP contribution in [-0.2, 0) is 20.8 Å². The van der Waals surface area contributed by atoms with E-state index in [0.717, 1.165) is 5.56 Å². The molecule has 0 spiro atoms. The second kappa shape index (κ2) is 7.12. The van der Waals surface area contributed by atoms with Crippen molar-refractivity contribution in [2.24, 2.45) is 0 Å². The van der Waals surface area contributed by atoms with E-state index in [9.17, 15) is 15.3 Å². The van der Waals surface area contributed by atoms with Crippen LogP contribution in [0.5, 0.6) is 0 Å². The van der Waals surface area contributed by atoms with E-state index in [0.29, 0.717) is 0 Å². The van der Waals surface area contributed by atoms with Crippen molar-refractivity contribution in [3.63, 3.8) is 0 Å². The predicted molar refractivity (Wildman–Crippen MR) is 69.8 cm³/mol. The zero-order valence-corrected chi connectivity index (χ0v) is 11.3. The quantitative estimate of drug-likeness (QED) is 0.685. The van der Waals surface area contributed by atoms with Crippen LogP contribution < -0.4 is 0 Å². The van der Waals surface area contributed by atoms with Crippen LogP contribution in [0, 0.1) is 0 Å². The Balaban J connectivity index is 2.02. The fraction of sp³-hybridized carbons (Fsp3) is 0.571. The number of aliphatic hydroxyl groups excluding tert-OH is 3. The molecule has 0 amide bonds. The van der Waals surface area contributed by atoms with Gasteiger partial charge in [0.1, 0.15) is 24.4 Å². The zero-order chi connectivity index (χ0) is 14.5. The van der Waals surface area contributed by atoms with E-state index in [-0.39, 0.29) is 13.2 Å². The first-order chi connectivity index (χ1) is 9.67. The van der Waals surface area contributed by atoms with Gasteiger partial charge in [-0.2, -0.15) is 0 Å². The molecule has 1 aromatic carbocycles. The molecule has 112 valence electrons. The minimum Gasteiger partial charge on any atom is -0.394 e. The van der Waals surface area contributed by atoms with Crippen LogP contribution in [0.4, 0.5) is 0 Å². The van der Waals surface area contributed by atoms with Gasteiger partial charge in [-0.05, 0) is 5.56 Å². The summed E-state index contributed by atoms with van der Waals surface area (Å²) < 4.78 is 15.8. The molecule has 5 atom stereocenters. The highest BCUT2D eigenvalue weighted by atomic mass is 16.7. The Morgan fingerprint density at radius 2 is 1.85 bits per heavy atom. The van der Waals surface area contributed by atoms with Crippen molar-refractivity contribution in [3.05, 3.63) is 35.9 Å². The van der Waals surface area contributed by atoms with E-state index in [4.69, 9.17) is 14.2 Å². The maximum absolute atomic E-state index is 10.1. The van der Waals surface area contributed by atoms with Crippen LogP contribution in [0.3, 0.4) is 0 Å². The van der Waals surface area contributed by atoms with Gasteiger partial charge in [-0.3, -0.25) is 0 Å². The smallest absolute Gasteiger partial charge is 0.186 e. The summed E-state index contributed by atoms with van der Waals surface area (Å²) in [6.45, 7) is -0.132. The van der Waals surface area contributed by atoms with Gasteiger partial charge < -0.3 is 29.5 Å². The Labute approximate surface area is 117 Å². The lowest BCUT2D eigenvalue weighted by molar-refractivity contribution is -0.303. The Hall–Kier alpha value is -1.02. The molecule has 1 heterocycles. The monoisotopic (exact) mass is 284 g/mol. The van der Waals surface area contributed by atoms with E-state index < -0.39 is 30.7 Å². The van der Waals surface area contributed by atoms with Gasteiger partial charge in [-0.25, -0.2) is 0 Å². The molecule has 0 aromatic heterocycles. The molecular formula is C14H20O6. The van der Waals surface area contributed by atoms with Crippen molar-refractivity contribution >= 4 is 0 Å². The van der Waals surface area contributed by atoms with Crippen molar-refractivity contribution in [1.82, 2.24) is 0 Å². The summed E-state index contributed by atoms with van der Waals surface area (Å²) in [4.78, 5) is 0. The number of methoxy groups -OCH3 is 1. The molecular weight excluding hydrogens is 264 g/mol. The molecule has 2 rings (SSSR count). The van der Waals surface area contributed by atoms with Gasteiger partial charge in [0.05, 0.1) is 13.2 Å². The molecule has 1 fully saturated rings. The fourth-order valence-electron chi connectivity index (χ4n) is 2.21. The second-order valence-corrected chi connectivity index (χ2v) is 4.70. The first kappa shape index (κ1) is 15.4. The molecule has 0 saturated carbocycles. The minimum atomic E-state index is -1.12. The Bertz CT molecular complexity index is 382. The topological polar surface area (TPSA) is 88.4 Å². The summed E-state index contributed by atoms with van der Waals surface area (Å²) in [5, 5.41) is 29.3. The van der Waals surface area contributed by atoms with Gasteiger partial charge in [0.2, 0.25) is 0 Å². The molecule has 1 saturated heterocycles. The largest absolute Gasteiger partial charge is 0.394 e. The Morgan fingerprint density at radius 3 is 2.45 bits per heavy atom. The standard InChI is InChI=1S/C14H20O6/c1-18-14-12(17)13(11(16)10(7-15)20-14)19-8-9-5-3-2-4-6-9/h2-6,10-17H,7-8H2,1H3/t10-,11-,12+,13+,14-/m1/s1. The summed E-state index contributed by atoms with van der Waals surface area (Å²) in [6.07, 6.45) is -4.90. The number of hydrogen-bond acceptors (Lipinski definition) is 6. The third kappa shape index (κ3) is 3.35. The van der Waals surface area contributed by atoms with Crippen LogP contribution in [0.2, 0.25) is 0 Å². The number of rotatable bonds is 5. The summed E-state index contributed by atoms with van der Waals surface area (Å²) >= 11 is 0. The summed E-state index contributed by atoms with van der Waals surface area (Å²) in [5.41, 5.74) is 0.924. The Kier molecular flexibility index (Phi) is 5.47. The van der Waals surface area contributed by atoms with Crippen molar-refractivity contribution in [2.75, 3.05) is 13.7 Å². The fourth-order valence-corrected chi connectivity index (χ4v) is 2.21. The van der Waals surface area contributed by atoms with E-state index in [1.165, 1.54) is 7.11 Å². The van der Waals surface area contributed by atoms with Crippen molar-refractivity contribution < 1.29 is 29.5 Å². The summed E-state index contributed by atoms with van der Waals surface area (Å²) in [6, 6.07) is 9.42. The summed E-state index contributed by atoms with van der Waals surface area (Å²) in [5.74, 6) is 0. The molecule has 1 aliphatic rings. The van der Waals surface area contributed by atoms with Crippen LogP contribution in [0.1, 0.15) is 5.56 Å². The van der Waals surface area contributed by atoms with E-state index in [1.54, 1.807) is 0 Å². The maximum atomic E-state index is 10.1. The summed E-state index contributed by atoms with van der Waals surface area (Å²) in [7, 11) is 1.38. The number of aliphatic hydroxyl groups is 3. The molecule has 0 unspecified atom stereocenters. The highest BCUT2D eigenvalue weighted by molar-refractivity contribution is 5.13. The second-order valence-electron chi connectivity index (χ2n) is 4.70. The van der Waals surface area contributed by atoms with Gasteiger partial charge in [-0.15, -0.1) is 0 Å². The number of ether oxygens (including phenoxy) is 3. The van der Waals surface area contributed by atoms with Crippen LogP contribution in [0.25, 0.3) is 0 Å². The molecule has 0 aliphatic carbocycles. The molecule has 1 aliphatic heterocycles. The zero-order valence-electron chi connectivity index (χ0n) is 11.3. The first-order valence-corrected chi connectivity index (χ1v) is 6.48. The van der Waals surface area contributed by atoms with Gasteiger partial charge in [0.15, 0.2) is 6.29 Å². The van der Waals surface area contributed by atoms with Gasteiger partial charge in [-0.1, -0.05) is 30.3 Å². The van der Waals surface area contributed by atoms with Crippen molar-refractivity contribution in [2.45, 2.75) is 37.3 Å². The van der Waals surface area contributed by atoms with Crippen molar-refractivity contribution in [3.8, 4) is 0 Å². The maximum Gasteiger partial charge on any atom is 0.186 e. The third-order valence-corrected chi connectivity index (χ3v) is 3.34. The van der Waals surface area contributed by atoms with Crippen molar-refractivity contribution in [1.29, 1.82) is 0 Å². The molecule has 6 nitrogen and oxygen atoms in total. The predicted octanol–water partition coefficient (Wildman–Crippen LogP) is -0.343. The number of hydrogen-bond donors (Lipinski definition) is 3. The van der Waals surface area contributed by atoms with E-state index in [1.807, 2.05) is 30.3 Å². The average molecular weight is 284 g/mol. The normalized spacial score (nSPS) is 34.1. The third-order valence-electron chi connectivity index (χ3n) is 3.34. The van der Waals surface area contributed by atoms with Crippen LogP contribution in [-0.4, -0.2) is 59.7 Å². The first-order valence-electron chi connectivity index (χ1n) is 6.48. The molecule has 1 aromatic rings. The molecule has 0 bridgehead atoms. The van der Waals surface area contributed by atoms with Crippen LogP contribution >= 0.6 is 0 Å². The Morgan fingerprint density at radius 1 is 1.15 bits per heavy atom. The highest BCUT2D eigenvalue weighted by Gasteiger charge is 2.45.